The average Bonchev–Trinajstić information content (AvgIpc) is 3.04. The number of hydrogen-bond acceptors (Lipinski definition) is 4. The molecule has 7 nitrogen and oxygen atoms in total. The van der Waals surface area contributed by atoms with E-state index in [4.69, 9.17) is 4.74 Å². The maximum Gasteiger partial charge on any atom is 0.332 e. The van der Waals surface area contributed by atoms with Crippen LogP contribution in [0.15, 0.2) is 54.6 Å². The molecular formula is C24H27N3O4. The predicted octanol–water partition coefficient (Wildman–Crippen LogP) is 4.19. The first-order valence-corrected chi connectivity index (χ1v) is 10.7. The van der Waals surface area contributed by atoms with E-state index >= 15 is 0 Å². The highest BCUT2D eigenvalue weighted by Gasteiger charge is 2.49. The number of urea groups is 1. The van der Waals surface area contributed by atoms with E-state index in [1.165, 1.54) is 4.90 Å². The summed E-state index contributed by atoms with van der Waals surface area (Å²) >= 11 is 0. The molecule has 0 spiro atoms. The Kier molecular flexibility index (Phi) is 6.21. The number of amides is 4. The van der Waals surface area contributed by atoms with Crippen LogP contribution in [0.4, 0.5) is 16.2 Å². The molecule has 1 N–H and O–H groups in total. The number of carbonyl (C=O) groups excluding carboxylic acids is 3. The van der Waals surface area contributed by atoms with E-state index in [1.54, 1.807) is 60.5 Å². The lowest BCUT2D eigenvalue weighted by molar-refractivity contribution is -0.125. The number of benzene rings is 2. The third-order valence-electron chi connectivity index (χ3n) is 5.99. The van der Waals surface area contributed by atoms with Gasteiger partial charge in [-0.25, -0.2) is 9.69 Å². The number of nitrogens with one attached hydrogen (secondary N) is 1. The summed E-state index contributed by atoms with van der Waals surface area (Å²) < 4.78 is 5.14. The van der Waals surface area contributed by atoms with Gasteiger partial charge in [-0.05, 0) is 49.2 Å². The Bertz CT molecular complexity index is 939. The summed E-state index contributed by atoms with van der Waals surface area (Å²) in [4.78, 5) is 42.3. The zero-order chi connectivity index (χ0) is 21.8. The average molecular weight is 421 g/mol. The largest absolute Gasteiger partial charge is 0.497 e. The van der Waals surface area contributed by atoms with Crippen molar-refractivity contribution in [2.24, 2.45) is 0 Å². The van der Waals surface area contributed by atoms with E-state index < -0.39 is 6.04 Å². The highest BCUT2D eigenvalue weighted by molar-refractivity contribution is 6.22. The van der Waals surface area contributed by atoms with Crippen LogP contribution < -0.4 is 15.0 Å². The standard InChI is InChI=1S/C24H27N3O4/c1-31-20-14-12-17(13-15-20)25-22(28)16-21-23(29)27(19-10-6-3-7-11-19)24(30)26(21)18-8-4-2-5-9-18/h3,6-7,10-15,18,21H,2,4-5,8-9,16H2,1H3,(H,25,28)/t21-/m0/s1. The van der Waals surface area contributed by atoms with Gasteiger partial charge in [0.25, 0.3) is 5.91 Å². The van der Waals surface area contributed by atoms with Gasteiger partial charge >= 0.3 is 6.03 Å². The van der Waals surface area contributed by atoms with Gasteiger partial charge in [0.1, 0.15) is 11.8 Å². The molecule has 1 atom stereocenters. The monoisotopic (exact) mass is 421 g/mol. The van der Waals surface area contributed by atoms with E-state index in [1.807, 2.05) is 6.07 Å². The smallest absolute Gasteiger partial charge is 0.332 e. The Balaban J connectivity index is 1.55. The summed E-state index contributed by atoms with van der Waals surface area (Å²) in [6.07, 6.45) is 4.84. The Morgan fingerprint density at radius 2 is 1.68 bits per heavy atom. The van der Waals surface area contributed by atoms with Gasteiger partial charge in [0, 0.05) is 11.7 Å². The second-order valence-electron chi connectivity index (χ2n) is 7.99. The number of hydrogen-bond donors (Lipinski definition) is 1. The molecule has 2 aromatic carbocycles. The first kappa shape index (κ1) is 20.9. The van der Waals surface area contributed by atoms with Crippen LogP contribution in [0.1, 0.15) is 38.5 Å². The van der Waals surface area contributed by atoms with Gasteiger partial charge in [-0.1, -0.05) is 37.5 Å². The summed E-state index contributed by atoms with van der Waals surface area (Å²) in [6, 6.07) is 14.8. The maximum absolute atomic E-state index is 13.3. The van der Waals surface area contributed by atoms with Crippen molar-refractivity contribution >= 4 is 29.2 Å². The van der Waals surface area contributed by atoms with Crippen molar-refractivity contribution in [2.75, 3.05) is 17.3 Å². The quantitative estimate of drug-likeness (QED) is 0.709. The summed E-state index contributed by atoms with van der Waals surface area (Å²) in [7, 11) is 1.58. The number of imide groups is 1. The van der Waals surface area contributed by atoms with Gasteiger partial charge in [0.05, 0.1) is 19.2 Å². The lowest BCUT2D eigenvalue weighted by Gasteiger charge is -2.33. The second-order valence-corrected chi connectivity index (χ2v) is 7.99. The van der Waals surface area contributed by atoms with Crippen molar-refractivity contribution in [3.05, 3.63) is 54.6 Å². The fourth-order valence-corrected chi connectivity index (χ4v) is 4.44. The summed E-state index contributed by atoms with van der Waals surface area (Å²) in [6.45, 7) is 0. The van der Waals surface area contributed by atoms with Gasteiger partial charge in [-0.2, -0.15) is 0 Å². The number of rotatable bonds is 6. The minimum absolute atomic E-state index is 0.0160. The zero-order valence-electron chi connectivity index (χ0n) is 17.6. The third-order valence-corrected chi connectivity index (χ3v) is 5.99. The third kappa shape index (κ3) is 4.40. The van der Waals surface area contributed by atoms with Crippen LogP contribution in [0.25, 0.3) is 0 Å². The molecule has 4 rings (SSSR count). The molecule has 162 valence electrons. The van der Waals surface area contributed by atoms with Crippen LogP contribution in [0, 0.1) is 0 Å². The molecule has 1 aliphatic heterocycles. The lowest BCUT2D eigenvalue weighted by atomic mass is 9.93. The molecule has 0 unspecified atom stereocenters. The highest BCUT2D eigenvalue weighted by atomic mass is 16.5. The van der Waals surface area contributed by atoms with Crippen LogP contribution in [-0.4, -0.2) is 41.9 Å². The van der Waals surface area contributed by atoms with Crippen LogP contribution >= 0.6 is 0 Å². The molecule has 0 bridgehead atoms. The Labute approximate surface area is 182 Å². The second kappa shape index (κ2) is 9.20. The van der Waals surface area contributed by atoms with Crippen LogP contribution in [0.2, 0.25) is 0 Å². The fraction of sp³-hybridized carbons (Fsp3) is 0.375. The van der Waals surface area contributed by atoms with Crippen molar-refractivity contribution in [1.82, 2.24) is 4.90 Å². The highest BCUT2D eigenvalue weighted by Crippen LogP contribution is 2.33. The van der Waals surface area contributed by atoms with Gasteiger partial charge in [0.2, 0.25) is 5.91 Å². The summed E-state index contributed by atoms with van der Waals surface area (Å²) in [5.41, 5.74) is 1.16. The number of methoxy groups -OCH3 is 1. The molecule has 1 heterocycles. The van der Waals surface area contributed by atoms with E-state index in [9.17, 15) is 14.4 Å². The number of nitrogens with zero attached hydrogens (tertiary/aromatic N) is 2. The molecule has 1 aliphatic carbocycles. The molecule has 2 aliphatic rings. The molecule has 1 saturated carbocycles. The number of anilines is 2. The molecule has 7 heteroatoms. The topological polar surface area (TPSA) is 79.0 Å². The Morgan fingerprint density at radius 3 is 2.32 bits per heavy atom. The SMILES string of the molecule is COc1ccc(NC(=O)C[C@H]2C(=O)N(c3ccccc3)C(=O)N2C2CCCCC2)cc1. The van der Waals surface area contributed by atoms with Crippen LogP contribution in [0.3, 0.4) is 0 Å². The van der Waals surface area contributed by atoms with E-state index in [0.29, 0.717) is 17.1 Å². The minimum atomic E-state index is -0.797. The lowest BCUT2D eigenvalue weighted by Crippen LogP contribution is -2.45. The van der Waals surface area contributed by atoms with Crippen molar-refractivity contribution in [3.8, 4) is 5.75 Å². The van der Waals surface area contributed by atoms with Crippen molar-refractivity contribution < 1.29 is 19.1 Å². The van der Waals surface area contributed by atoms with Gasteiger partial charge in [-0.3, -0.25) is 9.59 Å². The zero-order valence-corrected chi connectivity index (χ0v) is 17.6. The van der Waals surface area contributed by atoms with Crippen molar-refractivity contribution in [2.45, 2.75) is 50.6 Å². The molecule has 1 saturated heterocycles. The molecule has 4 amide bonds. The first-order chi connectivity index (χ1) is 15.1. The van der Waals surface area contributed by atoms with Crippen LogP contribution in [0.5, 0.6) is 5.75 Å². The normalized spacial score (nSPS) is 19.6. The molecule has 0 radical (unpaired) electrons. The number of ether oxygens (including phenoxy) is 1. The van der Waals surface area contributed by atoms with Crippen molar-refractivity contribution in [3.63, 3.8) is 0 Å². The first-order valence-electron chi connectivity index (χ1n) is 10.7. The predicted molar refractivity (Wildman–Crippen MR) is 118 cm³/mol. The van der Waals surface area contributed by atoms with Crippen molar-refractivity contribution in [1.29, 1.82) is 0 Å². The Morgan fingerprint density at radius 1 is 1.00 bits per heavy atom. The van der Waals surface area contributed by atoms with E-state index in [0.717, 1.165) is 32.1 Å². The van der Waals surface area contributed by atoms with E-state index in [2.05, 4.69) is 5.32 Å². The van der Waals surface area contributed by atoms with Crippen LogP contribution in [-0.2, 0) is 9.59 Å². The summed E-state index contributed by atoms with van der Waals surface area (Å²) in [5, 5.41) is 2.83. The minimum Gasteiger partial charge on any atom is -0.497 e. The van der Waals surface area contributed by atoms with Gasteiger partial charge < -0.3 is 15.0 Å². The molecule has 2 aromatic rings. The number of carbonyl (C=O) groups is 3. The van der Waals surface area contributed by atoms with Gasteiger partial charge in [0.15, 0.2) is 0 Å². The Hall–Kier alpha value is -3.35. The number of para-hydroxylation sites is 1. The fourth-order valence-electron chi connectivity index (χ4n) is 4.44. The van der Waals surface area contributed by atoms with Gasteiger partial charge in [-0.15, -0.1) is 0 Å². The summed E-state index contributed by atoms with van der Waals surface area (Å²) in [5.74, 6) is 0.0511. The van der Waals surface area contributed by atoms with E-state index in [-0.39, 0.29) is 30.3 Å². The molecule has 0 aromatic heterocycles. The molecule has 2 fully saturated rings. The maximum atomic E-state index is 13.3. The molecular weight excluding hydrogens is 394 g/mol. The molecule has 31 heavy (non-hydrogen) atoms.